The van der Waals surface area contributed by atoms with Gasteiger partial charge in [-0.05, 0) is 12.1 Å². The standard InChI is InChI=1S/C11H11NO/c1-2-11(13)7-3-5-10-6-4-8-12-9-10/h2,4,6,8-9,11,13H,1,7H2. The predicted molar refractivity (Wildman–Crippen MR) is 51.9 cm³/mol. The number of hydrogen-bond donors (Lipinski definition) is 1. The van der Waals surface area contributed by atoms with E-state index in [1.54, 1.807) is 12.4 Å². The fraction of sp³-hybridized carbons (Fsp3) is 0.182. The van der Waals surface area contributed by atoms with Crippen LogP contribution in [0.15, 0.2) is 37.2 Å². The first-order valence-electron chi connectivity index (χ1n) is 4.02. The van der Waals surface area contributed by atoms with E-state index in [1.807, 2.05) is 12.1 Å². The minimum absolute atomic E-state index is 0.415. The summed E-state index contributed by atoms with van der Waals surface area (Å²) in [5.41, 5.74) is 0.860. The maximum atomic E-state index is 9.10. The van der Waals surface area contributed by atoms with Crippen LogP contribution in [-0.4, -0.2) is 16.2 Å². The van der Waals surface area contributed by atoms with Crippen molar-refractivity contribution in [3.05, 3.63) is 42.7 Å². The van der Waals surface area contributed by atoms with Crippen LogP contribution < -0.4 is 0 Å². The Morgan fingerprint density at radius 1 is 1.69 bits per heavy atom. The van der Waals surface area contributed by atoms with Crippen molar-refractivity contribution in [3.8, 4) is 11.8 Å². The zero-order valence-electron chi connectivity index (χ0n) is 7.27. The van der Waals surface area contributed by atoms with Crippen LogP contribution in [0.25, 0.3) is 0 Å². The molecule has 0 amide bonds. The first-order valence-corrected chi connectivity index (χ1v) is 4.02. The molecule has 0 bridgehead atoms. The van der Waals surface area contributed by atoms with Crippen molar-refractivity contribution in [1.29, 1.82) is 0 Å². The van der Waals surface area contributed by atoms with Crippen LogP contribution >= 0.6 is 0 Å². The topological polar surface area (TPSA) is 33.1 Å². The number of hydrogen-bond acceptors (Lipinski definition) is 2. The van der Waals surface area contributed by atoms with Gasteiger partial charge in [-0.1, -0.05) is 17.9 Å². The highest BCUT2D eigenvalue weighted by molar-refractivity contribution is 5.31. The lowest BCUT2D eigenvalue weighted by molar-refractivity contribution is 0.230. The van der Waals surface area contributed by atoms with E-state index in [1.165, 1.54) is 6.08 Å². The van der Waals surface area contributed by atoms with Crippen LogP contribution in [0, 0.1) is 11.8 Å². The molecule has 1 heterocycles. The smallest absolute Gasteiger partial charge is 0.0827 e. The third-order valence-corrected chi connectivity index (χ3v) is 1.48. The van der Waals surface area contributed by atoms with Gasteiger partial charge < -0.3 is 5.11 Å². The van der Waals surface area contributed by atoms with Crippen LogP contribution in [0.4, 0.5) is 0 Å². The second-order valence-corrected chi connectivity index (χ2v) is 2.55. The van der Waals surface area contributed by atoms with E-state index in [0.717, 1.165) is 5.56 Å². The Kier molecular flexibility index (Phi) is 3.74. The quantitative estimate of drug-likeness (QED) is 0.541. The molecule has 1 aromatic rings. The van der Waals surface area contributed by atoms with Gasteiger partial charge in [0, 0.05) is 24.4 Å². The molecule has 0 saturated heterocycles. The monoisotopic (exact) mass is 173 g/mol. The van der Waals surface area contributed by atoms with Gasteiger partial charge in [-0.25, -0.2) is 0 Å². The van der Waals surface area contributed by atoms with Gasteiger partial charge in [0.2, 0.25) is 0 Å². The molecule has 2 nitrogen and oxygen atoms in total. The number of rotatable bonds is 2. The van der Waals surface area contributed by atoms with E-state index in [9.17, 15) is 0 Å². The number of aliphatic hydroxyl groups is 1. The van der Waals surface area contributed by atoms with E-state index in [0.29, 0.717) is 6.42 Å². The second-order valence-electron chi connectivity index (χ2n) is 2.55. The minimum Gasteiger partial charge on any atom is -0.388 e. The highest BCUT2D eigenvalue weighted by atomic mass is 16.3. The minimum atomic E-state index is -0.538. The van der Waals surface area contributed by atoms with Crippen molar-refractivity contribution in [3.63, 3.8) is 0 Å². The molecule has 1 atom stereocenters. The van der Waals surface area contributed by atoms with Crippen molar-refractivity contribution in [2.45, 2.75) is 12.5 Å². The van der Waals surface area contributed by atoms with Crippen molar-refractivity contribution in [2.75, 3.05) is 0 Å². The number of pyridine rings is 1. The van der Waals surface area contributed by atoms with Crippen molar-refractivity contribution in [2.24, 2.45) is 0 Å². The summed E-state index contributed by atoms with van der Waals surface area (Å²) in [5, 5.41) is 9.10. The summed E-state index contributed by atoms with van der Waals surface area (Å²) in [4.78, 5) is 3.92. The number of nitrogens with zero attached hydrogens (tertiary/aromatic N) is 1. The third kappa shape index (κ3) is 3.55. The molecule has 0 spiro atoms. The molecule has 0 aliphatic rings. The van der Waals surface area contributed by atoms with E-state index >= 15 is 0 Å². The van der Waals surface area contributed by atoms with Gasteiger partial charge in [-0.15, -0.1) is 6.58 Å². The fourth-order valence-corrected chi connectivity index (χ4v) is 0.778. The number of aliphatic hydroxyl groups excluding tert-OH is 1. The highest BCUT2D eigenvalue weighted by Crippen LogP contribution is 1.94. The van der Waals surface area contributed by atoms with Gasteiger partial charge in [0.05, 0.1) is 6.10 Å². The molecule has 1 rings (SSSR count). The summed E-state index contributed by atoms with van der Waals surface area (Å²) in [5.74, 6) is 5.73. The van der Waals surface area contributed by atoms with Crippen LogP contribution in [-0.2, 0) is 0 Å². The molecule has 1 aromatic heterocycles. The summed E-state index contributed by atoms with van der Waals surface area (Å²) in [7, 11) is 0. The lowest BCUT2D eigenvalue weighted by Gasteiger charge is -1.94. The van der Waals surface area contributed by atoms with Gasteiger partial charge in [0.25, 0.3) is 0 Å². The van der Waals surface area contributed by atoms with E-state index in [-0.39, 0.29) is 0 Å². The number of aromatic nitrogens is 1. The van der Waals surface area contributed by atoms with Crippen LogP contribution in [0.2, 0.25) is 0 Å². The van der Waals surface area contributed by atoms with Gasteiger partial charge in [-0.3, -0.25) is 4.98 Å². The van der Waals surface area contributed by atoms with Crippen LogP contribution in [0.5, 0.6) is 0 Å². The summed E-state index contributed by atoms with van der Waals surface area (Å²) < 4.78 is 0. The molecular weight excluding hydrogens is 162 g/mol. The normalized spacial score (nSPS) is 11.2. The Morgan fingerprint density at radius 3 is 3.15 bits per heavy atom. The molecule has 1 unspecified atom stereocenters. The first-order chi connectivity index (χ1) is 6.33. The van der Waals surface area contributed by atoms with Gasteiger partial charge in [0.15, 0.2) is 0 Å². The summed E-state index contributed by atoms with van der Waals surface area (Å²) in [6, 6.07) is 3.70. The Hall–Kier alpha value is -1.59. The molecular formula is C11H11NO. The summed E-state index contributed by atoms with van der Waals surface area (Å²) in [6.07, 6.45) is 4.73. The molecule has 2 heteroatoms. The highest BCUT2D eigenvalue weighted by Gasteiger charge is 1.91. The van der Waals surface area contributed by atoms with Gasteiger partial charge in [-0.2, -0.15) is 0 Å². The molecule has 0 fully saturated rings. The van der Waals surface area contributed by atoms with Crippen molar-refractivity contribution < 1.29 is 5.11 Å². The lowest BCUT2D eigenvalue weighted by Crippen LogP contribution is -1.98. The average Bonchev–Trinajstić information content (AvgIpc) is 2.19. The SMILES string of the molecule is C=CC(O)CC#Cc1cccnc1. The molecule has 0 aromatic carbocycles. The Balaban J connectivity index is 2.53. The van der Waals surface area contributed by atoms with Gasteiger partial charge in [0.1, 0.15) is 0 Å². The first kappa shape index (κ1) is 9.50. The van der Waals surface area contributed by atoms with Crippen LogP contribution in [0.1, 0.15) is 12.0 Å². The maximum Gasteiger partial charge on any atom is 0.0827 e. The summed E-state index contributed by atoms with van der Waals surface area (Å²) in [6.45, 7) is 3.46. The molecule has 0 aliphatic carbocycles. The Morgan fingerprint density at radius 2 is 2.54 bits per heavy atom. The second kappa shape index (κ2) is 5.13. The molecule has 1 N–H and O–H groups in total. The Bertz CT molecular complexity index is 321. The molecule has 0 saturated carbocycles. The molecule has 13 heavy (non-hydrogen) atoms. The molecule has 0 aliphatic heterocycles. The maximum absolute atomic E-state index is 9.10. The fourth-order valence-electron chi connectivity index (χ4n) is 0.778. The van der Waals surface area contributed by atoms with E-state index in [4.69, 9.17) is 5.11 Å². The zero-order valence-corrected chi connectivity index (χ0v) is 7.27. The third-order valence-electron chi connectivity index (χ3n) is 1.48. The zero-order chi connectivity index (χ0) is 9.52. The van der Waals surface area contributed by atoms with Crippen molar-refractivity contribution in [1.82, 2.24) is 4.98 Å². The average molecular weight is 173 g/mol. The summed E-state index contributed by atoms with van der Waals surface area (Å²) >= 11 is 0. The molecule has 0 radical (unpaired) electrons. The largest absolute Gasteiger partial charge is 0.388 e. The predicted octanol–water partition coefficient (Wildman–Crippen LogP) is 1.37. The van der Waals surface area contributed by atoms with Gasteiger partial charge >= 0.3 is 0 Å². The van der Waals surface area contributed by atoms with E-state index < -0.39 is 6.10 Å². The lowest BCUT2D eigenvalue weighted by atomic mass is 10.2. The van der Waals surface area contributed by atoms with E-state index in [2.05, 4.69) is 23.4 Å². The molecule has 66 valence electrons. The van der Waals surface area contributed by atoms with Crippen molar-refractivity contribution >= 4 is 0 Å². The van der Waals surface area contributed by atoms with Crippen LogP contribution in [0.3, 0.4) is 0 Å². The Labute approximate surface area is 77.9 Å².